The molecule has 1 atom stereocenters. The Bertz CT molecular complexity index is 754. The van der Waals surface area contributed by atoms with E-state index in [-0.39, 0.29) is 24.2 Å². The van der Waals surface area contributed by atoms with Crippen molar-refractivity contribution in [1.82, 2.24) is 5.43 Å². The van der Waals surface area contributed by atoms with Crippen molar-refractivity contribution in [2.24, 2.45) is 11.0 Å². The molecule has 2 amide bonds. The lowest BCUT2D eigenvalue weighted by Crippen LogP contribution is -2.30. The maximum Gasteiger partial charge on any atom is 0.245 e. The van der Waals surface area contributed by atoms with Gasteiger partial charge in [-0.2, -0.15) is 5.10 Å². The van der Waals surface area contributed by atoms with Crippen LogP contribution in [0.4, 0.5) is 5.69 Å². The van der Waals surface area contributed by atoms with E-state index >= 15 is 0 Å². The fourth-order valence-corrected chi connectivity index (χ4v) is 2.66. The molecule has 0 aromatic heterocycles. The van der Waals surface area contributed by atoms with Crippen molar-refractivity contribution in [1.29, 1.82) is 0 Å². The topological polar surface area (TPSA) is 61.8 Å². The molecule has 0 bridgehead atoms. The molecule has 1 N–H and O–H groups in total. The molecule has 122 valence electrons. The van der Waals surface area contributed by atoms with E-state index in [9.17, 15) is 9.59 Å². The molecule has 0 unspecified atom stereocenters. The van der Waals surface area contributed by atoms with Gasteiger partial charge in [-0.1, -0.05) is 48.0 Å². The fraction of sp³-hybridized carbons (Fsp3) is 0.211. The van der Waals surface area contributed by atoms with E-state index < -0.39 is 0 Å². The summed E-state index contributed by atoms with van der Waals surface area (Å²) in [6, 6.07) is 17.2. The van der Waals surface area contributed by atoms with Gasteiger partial charge in [-0.05, 0) is 24.6 Å². The van der Waals surface area contributed by atoms with Gasteiger partial charge in [0.2, 0.25) is 11.8 Å². The number of benzene rings is 2. The average molecular weight is 321 g/mol. The Morgan fingerprint density at radius 1 is 1.17 bits per heavy atom. The molecule has 1 aliphatic heterocycles. The molecule has 1 aliphatic rings. The lowest BCUT2D eigenvalue weighted by Gasteiger charge is -2.16. The van der Waals surface area contributed by atoms with E-state index in [0.717, 1.165) is 16.8 Å². The first kappa shape index (κ1) is 15.9. The third-order valence-electron chi connectivity index (χ3n) is 4.03. The minimum Gasteiger partial charge on any atom is -0.312 e. The van der Waals surface area contributed by atoms with Crippen molar-refractivity contribution in [3.05, 3.63) is 65.7 Å². The van der Waals surface area contributed by atoms with E-state index in [2.05, 4.69) is 10.5 Å². The second kappa shape index (κ2) is 7.08. The van der Waals surface area contributed by atoms with Gasteiger partial charge in [0, 0.05) is 18.7 Å². The zero-order valence-electron chi connectivity index (χ0n) is 13.5. The highest BCUT2D eigenvalue weighted by Crippen LogP contribution is 2.25. The first-order valence-corrected chi connectivity index (χ1v) is 7.88. The molecule has 0 aliphatic carbocycles. The van der Waals surface area contributed by atoms with Crippen LogP contribution < -0.4 is 10.3 Å². The summed E-state index contributed by atoms with van der Waals surface area (Å²) < 4.78 is 0. The zero-order valence-corrected chi connectivity index (χ0v) is 13.5. The van der Waals surface area contributed by atoms with Crippen molar-refractivity contribution in [2.75, 3.05) is 11.4 Å². The summed E-state index contributed by atoms with van der Waals surface area (Å²) in [5.74, 6) is -0.650. The normalized spacial score (nSPS) is 17.5. The molecule has 0 radical (unpaired) electrons. The number of anilines is 1. The highest BCUT2D eigenvalue weighted by molar-refractivity contribution is 6.00. The van der Waals surface area contributed by atoms with Crippen molar-refractivity contribution in [3.8, 4) is 0 Å². The van der Waals surface area contributed by atoms with E-state index in [1.54, 1.807) is 11.1 Å². The van der Waals surface area contributed by atoms with Crippen molar-refractivity contribution in [2.45, 2.75) is 13.3 Å². The number of hydrazone groups is 1. The van der Waals surface area contributed by atoms with Crippen LogP contribution in [0.3, 0.4) is 0 Å². The summed E-state index contributed by atoms with van der Waals surface area (Å²) in [6.07, 6.45) is 1.80. The lowest BCUT2D eigenvalue weighted by atomic mass is 10.1. The van der Waals surface area contributed by atoms with Crippen LogP contribution in [0.1, 0.15) is 17.5 Å². The standard InChI is InChI=1S/C19H19N3O2/c1-14-7-9-17(10-8-14)22-13-16(11-18(22)23)19(24)21-20-12-15-5-3-2-4-6-15/h2-10,12,16H,11,13H2,1H3,(H,21,24)/b20-12-/t16-/m1/s1. The Morgan fingerprint density at radius 3 is 2.58 bits per heavy atom. The Balaban J connectivity index is 1.59. The lowest BCUT2D eigenvalue weighted by molar-refractivity contribution is -0.126. The van der Waals surface area contributed by atoms with Crippen LogP contribution in [-0.4, -0.2) is 24.6 Å². The number of nitrogens with one attached hydrogen (secondary N) is 1. The van der Waals surface area contributed by atoms with Crippen LogP contribution >= 0.6 is 0 Å². The molecule has 3 rings (SSSR count). The zero-order chi connectivity index (χ0) is 16.9. The van der Waals surface area contributed by atoms with Gasteiger partial charge >= 0.3 is 0 Å². The summed E-state index contributed by atoms with van der Waals surface area (Å²) in [5, 5.41) is 3.97. The maximum absolute atomic E-state index is 12.2. The number of carbonyl (C=O) groups is 2. The Morgan fingerprint density at radius 2 is 1.88 bits per heavy atom. The molecular weight excluding hydrogens is 302 g/mol. The van der Waals surface area contributed by atoms with Crippen LogP contribution in [0.5, 0.6) is 0 Å². The highest BCUT2D eigenvalue weighted by Gasteiger charge is 2.35. The smallest absolute Gasteiger partial charge is 0.245 e. The molecule has 5 nitrogen and oxygen atoms in total. The molecular formula is C19H19N3O2. The number of amides is 2. The number of carbonyl (C=O) groups excluding carboxylic acids is 2. The third kappa shape index (κ3) is 3.68. The number of hydrogen-bond donors (Lipinski definition) is 1. The largest absolute Gasteiger partial charge is 0.312 e. The minimum absolute atomic E-state index is 0.0361. The van der Waals surface area contributed by atoms with Crippen molar-refractivity contribution >= 4 is 23.7 Å². The molecule has 24 heavy (non-hydrogen) atoms. The van der Waals surface area contributed by atoms with Gasteiger partial charge in [-0.3, -0.25) is 9.59 Å². The maximum atomic E-state index is 12.2. The summed E-state index contributed by atoms with van der Waals surface area (Å²) in [6.45, 7) is 2.38. The van der Waals surface area contributed by atoms with E-state index in [4.69, 9.17) is 0 Å². The second-order valence-electron chi connectivity index (χ2n) is 5.89. The first-order chi connectivity index (χ1) is 11.6. The quantitative estimate of drug-likeness (QED) is 0.695. The molecule has 2 aromatic carbocycles. The van der Waals surface area contributed by atoms with Crippen LogP contribution in [0.2, 0.25) is 0 Å². The van der Waals surface area contributed by atoms with Gasteiger partial charge < -0.3 is 4.90 Å². The van der Waals surface area contributed by atoms with Crippen molar-refractivity contribution in [3.63, 3.8) is 0 Å². The monoisotopic (exact) mass is 321 g/mol. The number of hydrogen-bond acceptors (Lipinski definition) is 3. The molecule has 1 fully saturated rings. The Hall–Kier alpha value is -2.95. The Labute approximate surface area is 141 Å². The van der Waals surface area contributed by atoms with E-state index in [1.807, 2.05) is 61.5 Å². The van der Waals surface area contributed by atoms with Crippen LogP contribution in [0.25, 0.3) is 0 Å². The molecule has 2 aromatic rings. The summed E-state index contributed by atoms with van der Waals surface area (Å²) in [4.78, 5) is 26.0. The molecule has 0 spiro atoms. The van der Waals surface area contributed by atoms with Gasteiger partial charge in [0.1, 0.15) is 0 Å². The molecule has 5 heteroatoms. The van der Waals surface area contributed by atoms with Gasteiger partial charge in [0.25, 0.3) is 0 Å². The number of nitrogens with zero attached hydrogens (tertiary/aromatic N) is 2. The highest BCUT2D eigenvalue weighted by atomic mass is 16.2. The van der Waals surface area contributed by atoms with Crippen molar-refractivity contribution < 1.29 is 9.59 Å². The van der Waals surface area contributed by atoms with Gasteiger partial charge in [-0.15, -0.1) is 0 Å². The first-order valence-electron chi connectivity index (χ1n) is 7.88. The summed E-state index contributed by atoms with van der Waals surface area (Å²) in [7, 11) is 0. The van der Waals surface area contributed by atoms with E-state index in [1.165, 1.54) is 0 Å². The average Bonchev–Trinajstić information content (AvgIpc) is 2.98. The molecule has 0 saturated carbocycles. The third-order valence-corrected chi connectivity index (χ3v) is 4.03. The summed E-state index contributed by atoms with van der Waals surface area (Å²) in [5.41, 5.74) is 5.39. The van der Waals surface area contributed by atoms with Gasteiger partial charge in [-0.25, -0.2) is 5.43 Å². The molecule has 1 saturated heterocycles. The van der Waals surface area contributed by atoms with Crippen LogP contribution in [0.15, 0.2) is 59.7 Å². The fourth-order valence-electron chi connectivity index (χ4n) is 2.66. The Kier molecular flexibility index (Phi) is 4.70. The second-order valence-corrected chi connectivity index (χ2v) is 5.89. The van der Waals surface area contributed by atoms with Gasteiger partial charge in [0.15, 0.2) is 0 Å². The summed E-state index contributed by atoms with van der Waals surface area (Å²) >= 11 is 0. The van der Waals surface area contributed by atoms with Crippen LogP contribution in [0, 0.1) is 12.8 Å². The SMILES string of the molecule is Cc1ccc(N2C[C@H](C(=O)N/N=C\c3ccccc3)CC2=O)cc1. The van der Waals surface area contributed by atoms with E-state index in [0.29, 0.717) is 6.54 Å². The predicted molar refractivity (Wildman–Crippen MR) is 93.8 cm³/mol. The minimum atomic E-state index is -0.383. The van der Waals surface area contributed by atoms with Gasteiger partial charge in [0.05, 0.1) is 12.1 Å². The number of rotatable bonds is 4. The molecule has 1 heterocycles. The number of aryl methyl sites for hydroxylation is 1. The predicted octanol–water partition coefficient (Wildman–Crippen LogP) is 2.50. The van der Waals surface area contributed by atoms with Crippen LogP contribution in [-0.2, 0) is 9.59 Å².